The molecule has 1 amide bonds. The molecule has 2 aromatic carbocycles. The minimum atomic E-state index is 0.0138. The van der Waals surface area contributed by atoms with E-state index in [1.165, 1.54) is 0 Å². The van der Waals surface area contributed by atoms with Gasteiger partial charge in [0.2, 0.25) is 0 Å². The summed E-state index contributed by atoms with van der Waals surface area (Å²) in [6.45, 7) is 4.12. The number of rotatable bonds is 10. The first kappa shape index (κ1) is 21.0. The molecule has 29 heavy (non-hydrogen) atoms. The molecule has 0 saturated carbocycles. The number of aromatic nitrogens is 1. The van der Waals surface area contributed by atoms with Crippen molar-refractivity contribution in [2.24, 2.45) is 0 Å². The molecule has 152 valence electrons. The maximum Gasteiger partial charge on any atom is 0.254 e. The molecule has 0 atom stereocenters. The second-order valence-electron chi connectivity index (χ2n) is 6.78. The fourth-order valence-corrected chi connectivity index (χ4v) is 3.65. The SMILES string of the molecule is COCCCN(Cc1csc(COc2ccccc2)n1)C(=O)c1cccc(C)c1. The summed E-state index contributed by atoms with van der Waals surface area (Å²) in [6.07, 6.45) is 0.780. The third-order valence-corrected chi connectivity index (χ3v) is 5.26. The van der Waals surface area contributed by atoms with Crippen LogP contribution < -0.4 is 4.74 Å². The molecule has 0 aliphatic heterocycles. The Labute approximate surface area is 175 Å². The molecule has 0 radical (unpaired) electrons. The molecular weight excluding hydrogens is 384 g/mol. The molecule has 0 spiro atoms. The molecule has 0 aliphatic rings. The molecule has 5 nitrogen and oxygen atoms in total. The first-order chi connectivity index (χ1) is 14.2. The number of ether oxygens (including phenoxy) is 2. The Morgan fingerprint density at radius 2 is 1.97 bits per heavy atom. The van der Waals surface area contributed by atoms with Crippen LogP contribution in [0.1, 0.15) is 33.0 Å². The number of amides is 1. The number of benzene rings is 2. The first-order valence-corrected chi connectivity index (χ1v) is 10.5. The van der Waals surface area contributed by atoms with Gasteiger partial charge >= 0.3 is 0 Å². The highest BCUT2D eigenvalue weighted by Crippen LogP contribution is 2.17. The first-order valence-electron chi connectivity index (χ1n) is 9.61. The highest BCUT2D eigenvalue weighted by Gasteiger charge is 2.17. The van der Waals surface area contributed by atoms with Crippen LogP contribution in [0.4, 0.5) is 0 Å². The fraction of sp³-hybridized carbons (Fsp3) is 0.304. The molecule has 3 rings (SSSR count). The number of carbonyl (C=O) groups is 1. The predicted molar refractivity (Wildman–Crippen MR) is 115 cm³/mol. The Bertz CT molecular complexity index is 911. The van der Waals surface area contributed by atoms with Gasteiger partial charge in [0.15, 0.2) is 0 Å². The number of thiazole rings is 1. The predicted octanol–water partition coefficient (Wildman–Crippen LogP) is 4.71. The van der Waals surface area contributed by atoms with Gasteiger partial charge in [-0.3, -0.25) is 4.79 Å². The third kappa shape index (κ3) is 6.41. The van der Waals surface area contributed by atoms with Crippen molar-refractivity contribution in [3.63, 3.8) is 0 Å². The van der Waals surface area contributed by atoms with E-state index in [0.29, 0.717) is 31.9 Å². The van der Waals surface area contributed by atoms with Crippen LogP contribution in [0.2, 0.25) is 0 Å². The van der Waals surface area contributed by atoms with Gasteiger partial charge in [0.05, 0.1) is 12.2 Å². The summed E-state index contributed by atoms with van der Waals surface area (Å²) in [7, 11) is 1.67. The number of carbonyl (C=O) groups excluding carboxylic acids is 1. The topological polar surface area (TPSA) is 51.7 Å². The Kier molecular flexibility index (Phi) is 7.78. The van der Waals surface area contributed by atoms with E-state index >= 15 is 0 Å². The summed E-state index contributed by atoms with van der Waals surface area (Å²) in [6, 6.07) is 17.4. The van der Waals surface area contributed by atoms with Gasteiger partial charge in [0.1, 0.15) is 17.4 Å². The van der Waals surface area contributed by atoms with Gasteiger partial charge < -0.3 is 14.4 Å². The average Bonchev–Trinajstić information content (AvgIpc) is 3.19. The molecule has 0 aliphatic carbocycles. The quantitative estimate of drug-likeness (QED) is 0.454. The highest BCUT2D eigenvalue weighted by molar-refractivity contribution is 7.09. The smallest absolute Gasteiger partial charge is 0.254 e. The molecular formula is C23H26N2O3S. The monoisotopic (exact) mass is 410 g/mol. The van der Waals surface area contributed by atoms with E-state index in [9.17, 15) is 4.79 Å². The summed E-state index contributed by atoms with van der Waals surface area (Å²) in [4.78, 5) is 19.5. The van der Waals surface area contributed by atoms with E-state index in [-0.39, 0.29) is 5.91 Å². The zero-order valence-electron chi connectivity index (χ0n) is 16.8. The largest absolute Gasteiger partial charge is 0.486 e. The molecule has 0 unspecified atom stereocenters. The number of nitrogens with zero attached hydrogens (tertiary/aromatic N) is 2. The molecule has 1 heterocycles. The van der Waals surface area contributed by atoms with E-state index in [1.807, 2.05) is 71.8 Å². The molecule has 0 fully saturated rings. The maximum atomic E-state index is 13.0. The standard InChI is InChI=1S/C23H26N2O3S/c1-18-8-6-9-19(14-18)23(26)25(12-7-13-27-2)15-20-17-29-22(24-20)16-28-21-10-4-3-5-11-21/h3-6,8-11,14,17H,7,12-13,15-16H2,1-2H3. The van der Waals surface area contributed by atoms with Gasteiger partial charge in [-0.2, -0.15) is 0 Å². The Hall–Kier alpha value is -2.70. The highest BCUT2D eigenvalue weighted by atomic mass is 32.1. The zero-order valence-corrected chi connectivity index (χ0v) is 17.7. The number of hydrogen-bond acceptors (Lipinski definition) is 5. The van der Waals surface area contributed by atoms with E-state index < -0.39 is 0 Å². The fourth-order valence-electron chi connectivity index (χ4n) is 2.96. The van der Waals surface area contributed by atoms with Crippen LogP contribution in [0, 0.1) is 6.92 Å². The van der Waals surface area contributed by atoms with Crippen molar-refractivity contribution in [3.8, 4) is 5.75 Å². The van der Waals surface area contributed by atoms with Crippen LogP contribution in [-0.4, -0.2) is 36.1 Å². The Morgan fingerprint density at radius 3 is 2.72 bits per heavy atom. The van der Waals surface area contributed by atoms with Crippen molar-refractivity contribution in [2.75, 3.05) is 20.3 Å². The molecule has 0 N–H and O–H groups in total. The lowest BCUT2D eigenvalue weighted by Crippen LogP contribution is -2.32. The number of para-hydroxylation sites is 1. The van der Waals surface area contributed by atoms with Gasteiger partial charge in [-0.05, 0) is 37.6 Å². The van der Waals surface area contributed by atoms with Gasteiger partial charge in [-0.15, -0.1) is 11.3 Å². The van der Waals surface area contributed by atoms with E-state index in [2.05, 4.69) is 4.98 Å². The van der Waals surface area contributed by atoms with Crippen LogP contribution in [0.3, 0.4) is 0 Å². The number of hydrogen-bond donors (Lipinski definition) is 0. The Balaban J connectivity index is 1.65. The van der Waals surface area contributed by atoms with Gasteiger partial charge in [0.25, 0.3) is 5.91 Å². The van der Waals surface area contributed by atoms with Crippen LogP contribution in [0.25, 0.3) is 0 Å². The average molecular weight is 411 g/mol. The molecule has 0 saturated heterocycles. The molecule has 6 heteroatoms. The van der Waals surface area contributed by atoms with Crippen LogP contribution in [0.5, 0.6) is 5.75 Å². The van der Waals surface area contributed by atoms with Crippen molar-refractivity contribution < 1.29 is 14.3 Å². The summed E-state index contributed by atoms with van der Waals surface area (Å²) in [5, 5.41) is 2.89. The lowest BCUT2D eigenvalue weighted by Gasteiger charge is -2.22. The molecule has 1 aromatic heterocycles. The van der Waals surface area contributed by atoms with Crippen molar-refractivity contribution in [3.05, 3.63) is 81.8 Å². The summed E-state index contributed by atoms with van der Waals surface area (Å²) < 4.78 is 10.9. The Morgan fingerprint density at radius 1 is 1.14 bits per heavy atom. The minimum Gasteiger partial charge on any atom is -0.486 e. The summed E-state index contributed by atoms with van der Waals surface area (Å²) in [5.41, 5.74) is 2.65. The zero-order chi connectivity index (χ0) is 20.5. The third-order valence-electron chi connectivity index (χ3n) is 4.39. The van der Waals surface area contributed by atoms with Gasteiger partial charge in [-0.1, -0.05) is 35.9 Å². The normalized spacial score (nSPS) is 10.7. The summed E-state index contributed by atoms with van der Waals surface area (Å²) in [5.74, 6) is 0.833. The second-order valence-corrected chi connectivity index (χ2v) is 7.72. The van der Waals surface area contributed by atoms with Crippen molar-refractivity contribution in [1.82, 2.24) is 9.88 Å². The lowest BCUT2D eigenvalue weighted by atomic mass is 10.1. The molecule has 0 bridgehead atoms. The van der Waals surface area contributed by atoms with Crippen molar-refractivity contribution in [2.45, 2.75) is 26.5 Å². The minimum absolute atomic E-state index is 0.0138. The van der Waals surface area contributed by atoms with Crippen LogP contribution in [0.15, 0.2) is 60.0 Å². The van der Waals surface area contributed by atoms with E-state index in [0.717, 1.165) is 28.4 Å². The van der Waals surface area contributed by atoms with E-state index in [1.54, 1.807) is 18.4 Å². The number of methoxy groups -OCH3 is 1. The van der Waals surface area contributed by atoms with Crippen molar-refractivity contribution in [1.29, 1.82) is 0 Å². The lowest BCUT2D eigenvalue weighted by molar-refractivity contribution is 0.0721. The van der Waals surface area contributed by atoms with Crippen LogP contribution in [-0.2, 0) is 17.9 Å². The number of aryl methyl sites for hydroxylation is 1. The second kappa shape index (κ2) is 10.7. The van der Waals surface area contributed by atoms with Crippen molar-refractivity contribution >= 4 is 17.2 Å². The summed E-state index contributed by atoms with van der Waals surface area (Å²) >= 11 is 1.55. The molecule has 3 aromatic rings. The van der Waals surface area contributed by atoms with Gasteiger partial charge in [-0.25, -0.2) is 4.98 Å². The van der Waals surface area contributed by atoms with Gasteiger partial charge in [0, 0.05) is 31.2 Å². The van der Waals surface area contributed by atoms with E-state index in [4.69, 9.17) is 9.47 Å². The van der Waals surface area contributed by atoms with Crippen LogP contribution >= 0.6 is 11.3 Å². The maximum absolute atomic E-state index is 13.0.